The van der Waals surface area contributed by atoms with Gasteiger partial charge in [-0.15, -0.1) is 0 Å². The van der Waals surface area contributed by atoms with Gasteiger partial charge in [0.25, 0.3) is 5.56 Å². The Hall–Kier alpha value is -1.78. The van der Waals surface area contributed by atoms with Gasteiger partial charge in [0.05, 0.1) is 18.2 Å². The van der Waals surface area contributed by atoms with E-state index in [0.717, 1.165) is 5.56 Å². The number of ether oxygens (including phenoxy) is 1. The van der Waals surface area contributed by atoms with E-state index in [2.05, 4.69) is 0 Å². The molecule has 5 heteroatoms. The Kier molecular flexibility index (Phi) is 3.60. The van der Waals surface area contributed by atoms with Gasteiger partial charge in [-0.1, -0.05) is 0 Å². The molecular weight excluding hydrogens is 220 g/mol. The number of esters is 1. The van der Waals surface area contributed by atoms with Gasteiger partial charge in [0.15, 0.2) is 0 Å². The molecule has 0 saturated carbocycles. The number of nitrogen functional groups attached to an aromatic ring is 1. The van der Waals surface area contributed by atoms with Crippen molar-refractivity contribution in [3.05, 3.63) is 28.2 Å². The highest BCUT2D eigenvalue weighted by Gasteiger charge is 2.29. The minimum absolute atomic E-state index is 0.173. The fraction of sp³-hybridized carbons (Fsp3) is 0.500. The second-order valence-electron chi connectivity index (χ2n) is 4.75. The quantitative estimate of drug-likeness (QED) is 0.795. The number of aryl methyl sites for hydroxylation is 1. The lowest BCUT2D eigenvalue weighted by Gasteiger charge is -2.22. The highest BCUT2D eigenvalue weighted by Crippen LogP contribution is 2.19. The first-order valence-corrected chi connectivity index (χ1v) is 5.33. The number of nitrogens with zero attached hydrogens (tertiary/aromatic N) is 1. The van der Waals surface area contributed by atoms with E-state index in [1.54, 1.807) is 27.0 Å². The summed E-state index contributed by atoms with van der Waals surface area (Å²) in [6.07, 6.45) is 1.56. The van der Waals surface area contributed by atoms with Crippen molar-refractivity contribution in [2.45, 2.75) is 27.3 Å². The van der Waals surface area contributed by atoms with Crippen molar-refractivity contribution < 1.29 is 9.53 Å². The molecule has 0 fully saturated rings. The van der Waals surface area contributed by atoms with E-state index in [4.69, 9.17) is 10.5 Å². The first kappa shape index (κ1) is 13.3. The Morgan fingerprint density at radius 2 is 2.12 bits per heavy atom. The van der Waals surface area contributed by atoms with Crippen molar-refractivity contribution in [3.8, 4) is 0 Å². The summed E-state index contributed by atoms with van der Waals surface area (Å²) in [5.74, 6) is -0.358. The van der Waals surface area contributed by atoms with Crippen LogP contribution in [-0.4, -0.2) is 17.6 Å². The Labute approximate surface area is 100 Å². The number of carbonyl (C=O) groups is 1. The van der Waals surface area contributed by atoms with E-state index in [1.165, 1.54) is 17.7 Å². The highest BCUT2D eigenvalue weighted by molar-refractivity contribution is 5.75. The molecule has 0 bridgehead atoms. The third kappa shape index (κ3) is 2.87. The fourth-order valence-corrected chi connectivity index (χ4v) is 1.58. The van der Waals surface area contributed by atoms with Gasteiger partial charge in [0.2, 0.25) is 0 Å². The first-order valence-electron chi connectivity index (χ1n) is 5.33. The zero-order valence-electron chi connectivity index (χ0n) is 10.6. The topological polar surface area (TPSA) is 74.3 Å². The number of hydrogen-bond acceptors (Lipinski definition) is 4. The molecule has 0 unspecified atom stereocenters. The number of aromatic nitrogens is 1. The van der Waals surface area contributed by atoms with Gasteiger partial charge >= 0.3 is 5.97 Å². The van der Waals surface area contributed by atoms with Crippen molar-refractivity contribution in [1.29, 1.82) is 0 Å². The van der Waals surface area contributed by atoms with E-state index in [9.17, 15) is 9.59 Å². The summed E-state index contributed by atoms with van der Waals surface area (Å²) in [6.45, 7) is 5.46. The molecule has 0 aliphatic carbocycles. The maximum absolute atomic E-state index is 11.7. The highest BCUT2D eigenvalue weighted by atomic mass is 16.5. The number of nitrogens with two attached hydrogens (primary N) is 1. The molecule has 0 amide bonds. The van der Waals surface area contributed by atoms with Crippen LogP contribution in [0.1, 0.15) is 19.4 Å². The van der Waals surface area contributed by atoms with Crippen LogP contribution in [-0.2, 0) is 16.1 Å². The Balaban J connectivity index is 3.08. The number of rotatable bonds is 3. The van der Waals surface area contributed by atoms with Gasteiger partial charge in [0.1, 0.15) is 0 Å². The number of carbonyl (C=O) groups excluding carboxylic acids is 1. The van der Waals surface area contributed by atoms with Crippen LogP contribution in [0.2, 0.25) is 0 Å². The SMILES string of the molecule is COC(=O)C(C)(C)Cn1cc(N)c(C)cc1=O. The van der Waals surface area contributed by atoms with Crippen LogP contribution < -0.4 is 11.3 Å². The Morgan fingerprint density at radius 3 is 2.65 bits per heavy atom. The van der Waals surface area contributed by atoms with E-state index in [1.807, 2.05) is 0 Å². The average molecular weight is 238 g/mol. The zero-order chi connectivity index (χ0) is 13.2. The molecule has 0 radical (unpaired) electrons. The number of hydrogen-bond donors (Lipinski definition) is 1. The fourth-order valence-electron chi connectivity index (χ4n) is 1.58. The van der Waals surface area contributed by atoms with Crippen LogP contribution >= 0.6 is 0 Å². The van der Waals surface area contributed by atoms with Crippen molar-refractivity contribution in [2.24, 2.45) is 5.41 Å². The standard InChI is InChI=1S/C12H18N2O3/c1-8-5-10(15)14(6-9(8)13)7-12(2,3)11(16)17-4/h5-6H,7,13H2,1-4H3. The molecule has 0 saturated heterocycles. The lowest BCUT2D eigenvalue weighted by Crippen LogP contribution is -2.34. The maximum atomic E-state index is 11.7. The van der Waals surface area contributed by atoms with Crippen LogP contribution in [0.4, 0.5) is 5.69 Å². The number of anilines is 1. The maximum Gasteiger partial charge on any atom is 0.313 e. The minimum Gasteiger partial charge on any atom is -0.469 e. The largest absolute Gasteiger partial charge is 0.469 e. The van der Waals surface area contributed by atoms with Crippen molar-refractivity contribution in [1.82, 2.24) is 4.57 Å². The molecule has 0 aromatic carbocycles. The predicted molar refractivity (Wildman–Crippen MR) is 65.6 cm³/mol. The molecule has 1 heterocycles. The second kappa shape index (κ2) is 4.61. The average Bonchev–Trinajstić information content (AvgIpc) is 2.24. The van der Waals surface area contributed by atoms with Crippen molar-refractivity contribution >= 4 is 11.7 Å². The van der Waals surface area contributed by atoms with Gasteiger partial charge < -0.3 is 15.0 Å². The van der Waals surface area contributed by atoms with Gasteiger partial charge in [-0.2, -0.15) is 0 Å². The van der Waals surface area contributed by atoms with Crippen LogP contribution in [0.3, 0.4) is 0 Å². The number of methoxy groups -OCH3 is 1. The summed E-state index contributed by atoms with van der Waals surface area (Å²) >= 11 is 0. The van der Waals surface area contributed by atoms with E-state index < -0.39 is 5.41 Å². The van der Waals surface area contributed by atoms with Crippen molar-refractivity contribution in [3.63, 3.8) is 0 Å². The van der Waals surface area contributed by atoms with Crippen LogP contribution in [0.15, 0.2) is 17.1 Å². The molecule has 1 aromatic rings. The van der Waals surface area contributed by atoms with Gasteiger partial charge in [-0.05, 0) is 26.3 Å². The molecule has 0 atom stereocenters. The molecule has 94 valence electrons. The molecule has 17 heavy (non-hydrogen) atoms. The molecular formula is C12H18N2O3. The summed E-state index contributed by atoms with van der Waals surface area (Å²) < 4.78 is 6.13. The summed E-state index contributed by atoms with van der Waals surface area (Å²) in [6, 6.07) is 1.46. The van der Waals surface area contributed by atoms with Gasteiger partial charge in [-0.25, -0.2) is 0 Å². The molecule has 5 nitrogen and oxygen atoms in total. The van der Waals surface area contributed by atoms with Crippen LogP contribution in [0.5, 0.6) is 0 Å². The van der Waals surface area contributed by atoms with Crippen LogP contribution in [0.25, 0.3) is 0 Å². The lowest BCUT2D eigenvalue weighted by atomic mass is 9.93. The van der Waals surface area contributed by atoms with Crippen molar-refractivity contribution in [2.75, 3.05) is 12.8 Å². The smallest absolute Gasteiger partial charge is 0.313 e. The monoisotopic (exact) mass is 238 g/mol. The third-order valence-electron chi connectivity index (χ3n) is 2.68. The molecule has 2 N–H and O–H groups in total. The molecule has 1 rings (SSSR count). The molecule has 1 aromatic heterocycles. The van der Waals surface area contributed by atoms with E-state index in [0.29, 0.717) is 5.69 Å². The lowest BCUT2D eigenvalue weighted by molar-refractivity contribution is -0.151. The minimum atomic E-state index is -0.764. The summed E-state index contributed by atoms with van der Waals surface area (Å²) in [5.41, 5.74) is 6.08. The predicted octanol–water partition coefficient (Wildman–Crippen LogP) is 0.938. The van der Waals surface area contributed by atoms with Crippen LogP contribution in [0, 0.1) is 12.3 Å². The van der Waals surface area contributed by atoms with Gasteiger partial charge in [-0.3, -0.25) is 9.59 Å². The third-order valence-corrected chi connectivity index (χ3v) is 2.68. The zero-order valence-corrected chi connectivity index (χ0v) is 10.6. The normalized spacial score (nSPS) is 11.3. The molecule has 0 spiro atoms. The second-order valence-corrected chi connectivity index (χ2v) is 4.75. The van der Waals surface area contributed by atoms with Gasteiger partial charge in [0, 0.05) is 18.8 Å². The summed E-state index contributed by atoms with van der Waals surface area (Å²) in [4.78, 5) is 23.3. The van der Waals surface area contributed by atoms with E-state index >= 15 is 0 Å². The Morgan fingerprint density at radius 1 is 1.53 bits per heavy atom. The molecule has 0 aliphatic rings. The van der Waals surface area contributed by atoms with E-state index in [-0.39, 0.29) is 18.1 Å². The first-order chi connectivity index (χ1) is 7.77. The summed E-state index contributed by atoms with van der Waals surface area (Å²) in [7, 11) is 1.33. The number of pyridine rings is 1. The molecule has 0 aliphatic heterocycles. The summed E-state index contributed by atoms with van der Waals surface area (Å²) in [5, 5.41) is 0. The Bertz CT molecular complexity index is 489.